The second kappa shape index (κ2) is 3.21. The summed E-state index contributed by atoms with van der Waals surface area (Å²) >= 11 is 0. The molecule has 1 N–H and O–H groups in total. The van der Waals surface area contributed by atoms with E-state index in [-0.39, 0.29) is 0 Å². The average molecular weight is 127 g/mol. The zero-order chi connectivity index (χ0) is 6.69. The lowest BCUT2D eigenvalue weighted by Gasteiger charge is -2.09. The molecule has 1 aliphatic carbocycles. The lowest BCUT2D eigenvalue weighted by molar-refractivity contribution is 0.516. The molecule has 1 rings (SSSR count). The van der Waals surface area contributed by atoms with E-state index >= 15 is 0 Å². The van der Waals surface area contributed by atoms with Gasteiger partial charge in [0.05, 0.1) is 0 Å². The standard InChI is InChI=1S/C8H17N/c1-3-7(2)9-6-8-4-5-8/h7-9H,3-6H2,1-2H3/t7-/m0/s1. The monoisotopic (exact) mass is 127 g/mol. The van der Waals surface area contributed by atoms with Crippen molar-refractivity contribution in [3.05, 3.63) is 0 Å². The molecule has 0 aliphatic heterocycles. The summed E-state index contributed by atoms with van der Waals surface area (Å²) in [6.45, 7) is 5.74. The van der Waals surface area contributed by atoms with Crippen LogP contribution in [0.1, 0.15) is 33.1 Å². The molecule has 0 amide bonds. The normalized spacial score (nSPS) is 22.0. The van der Waals surface area contributed by atoms with Gasteiger partial charge >= 0.3 is 0 Å². The molecule has 1 aliphatic rings. The molecule has 1 heteroatoms. The van der Waals surface area contributed by atoms with Crippen LogP contribution in [0.3, 0.4) is 0 Å². The van der Waals surface area contributed by atoms with Crippen LogP contribution in [0.5, 0.6) is 0 Å². The van der Waals surface area contributed by atoms with Gasteiger partial charge in [0.1, 0.15) is 0 Å². The number of rotatable bonds is 4. The van der Waals surface area contributed by atoms with Crippen LogP contribution in [0, 0.1) is 5.92 Å². The van der Waals surface area contributed by atoms with Crippen LogP contribution in [0.2, 0.25) is 0 Å². The highest BCUT2D eigenvalue weighted by Crippen LogP contribution is 2.27. The molecule has 1 saturated carbocycles. The summed E-state index contributed by atoms with van der Waals surface area (Å²) in [5, 5.41) is 3.49. The first-order valence-corrected chi connectivity index (χ1v) is 4.06. The predicted octanol–water partition coefficient (Wildman–Crippen LogP) is 1.78. The fourth-order valence-corrected chi connectivity index (χ4v) is 0.834. The van der Waals surface area contributed by atoms with Gasteiger partial charge in [0, 0.05) is 6.04 Å². The first kappa shape index (κ1) is 7.07. The largest absolute Gasteiger partial charge is 0.314 e. The van der Waals surface area contributed by atoms with Gasteiger partial charge in [0.2, 0.25) is 0 Å². The van der Waals surface area contributed by atoms with E-state index in [0.717, 1.165) is 12.0 Å². The van der Waals surface area contributed by atoms with Crippen molar-refractivity contribution in [2.75, 3.05) is 6.54 Å². The summed E-state index contributed by atoms with van der Waals surface area (Å²) in [7, 11) is 0. The molecule has 0 heterocycles. The summed E-state index contributed by atoms with van der Waals surface area (Å²) in [5.74, 6) is 1.03. The van der Waals surface area contributed by atoms with Gasteiger partial charge in [-0.2, -0.15) is 0 Å². The molecule has 1 nitrogen and oxygen atoms in total. The van der Waals surface area contributed by atoms with Gasteiger partial charge in [-0.25, -0.2) is 0 Å². The smallest absolute Gasteiger partial charge is 0.00362 e. The van der Waals surface area contributed by atoms with Crippen molar-refractivity contribution in [3.8, 4) is 0 Å². The third kappa shape index (κ3) is 2.85. The molecule has 9 heavy (non-hydrogen) atoms. The van der Waals surface area contributed by atoms with Gasteiger partial charge in [0.15, 0.2) is 0 Å². The van der Waals surface area contributed by atoms with Gasteiger partial charge < -0.3 is 5.32 Å². The molecule has 54 valence electrons. The van der Waals surface area contributed by atoms with Crippen molar-refractivity contribution in [2.45, 2.75) is 39.2 Å². The molecule has 0 unspecified atom stereocenters. The number of nitrogens with one attached hydrogen (secondary N) is 1. The van der Waals surface area contributed by atoms with Gasteiger partial charge in [0.25, 0.3) is 0 Å². The van der Waals surface area contributed by atoms with Crippen LogP contribution in [0.15, 0.2) is 0 Å². The highest BCUT2D eigenvalue weighted by Gasteiger charge is 2.20. The van der Waals surface area contributed by atoms with Gasteiger partial charge in [-0.3, -0.25) is 0 Å². The zero-order valence-electron chi connectivity index (χ0n) is 6.48. The minimum absolute atomic E-state index is 0.727. The van der Waals surface area contributed by atoms with Crippen molar-refractivity contribution in [1.29, 1.82) is 0 Å². The molecule has 1 fully saturated rings. The summed E-state index contributed by atoms with van der Waals surface area (Å²) in [6, 6.07) is 0.727. The van der Waals surface area contributed by atoms with Crippen molar-refractivity contribution < 1.29 is 0 Å². The predicted molar refractivity (Wildman–Crippen MR) is 40.5 cm³/mol. The van der Waals surface area contributed by atoms with E-state index in [1.165, 1.54) is 25.8 Å². The molecule has 0 aromatic carbocycles. The Bertz CT molecular complexity index is 76.6. The fourth-order valence-electron chi connectivity index (χ4n) is 0.834. The Balaban J connectivity index is 1.90. The SMILES string of the molecule is CC[C@H](C)NCC1CC1. The Labute approximate surface area is 57.8 Å². The van der Waals surface area contributed by atoms with Crippen LogP contribution in [0.25, 0.3) is 0 Å². The second-order valence-corrected chi connectivity index (χ2v) is 3.16. The Hall–Kier alpha value is -0.0400. The van der Waals surface area contributed by atoms with Crippen LogP contribution >= 0.6 is 0 Å². The van der Waals surface area contributed by atoms with E-state index in [0.29, 0.717) is 0 Å². The quantitative estimate of drug-likeness (QED) is 0.607. The molecular weight excluding hydrogens is 110 g/mol. The maximum atomic E-state index is 3.49. The van der Waals surface area contributed by atoms with Crippen molar-refractivity contribution in [2.24, 2.45) is 5.92 Å². The van der Waals surface area contributed by atoms with E-state index in [2.05, 4.69) is 19.2 Å². The molecular formula is C8H17N. The topological polar surface area (TPSA) is 12.0 Å². The van der Waals surface area contributed by atoms with E-state index in [4.69, 9.17) is 0 Å². The van der Waals surface area contributed by atoms with E-state index in [9.17, 15) is 0 Å². The fraction of sp³-hybridized carbons (Fsp3) is 1.00. The molecule has 0 spiro atoms. The summed E-state index contributed by atoms with van der Waals surface area (Å²) in [5.41, 5.74) is 0. The molecule has 0 bridgehead atoms. The summed E-state index contributed by atoms with van der Waals surface area (Å²) in [6.07, 6.45) is 4.18. The lowest BCUT2D eigenvalue weighted by Crippen LogP contribution is -2.26. The minimum Gasteiger partial charge on any atom is -0.314 e. The van der Waals surface area contributed by atoms with Gasteiger partial charge in [-0.15, -0.1) is 0 Å². The highest BCUT2D eigenvalue weighted by molar-refractivity contribution is 4.76. The first-order chi connectivity index (χ1) is 4.33. The Morgan fingerprint density at radius 2 is 2.22 bits per heavy atom. The lowest BCUT2D eigenvalue weighted by atomic mass is 10.2. The summed E-state index contributed by atoms with van der Waals surface area (Å²) in [4.78, 5) is 0. The van der Waals surface area contributed by atoms with Gasteiger partial charge in [-0.05, 0) is 38.6 Å². The third-order valence-electron chi connectivity index (χ3n) is 2.06. The average Bonchev–Trinajstić information content (AvgIpc) is 2.65. The maximum Gasteiger partial charge on any atom is 0.00362 e. The van der Waals surface area contributed by atoms with Crippen LogP contribution < -0.4 is 5.32 Å². The number of hydrogen-bond acceptors (Lipinski definition) is 1. The molecule has 0 radical (unpaired) electrons. The van der Waals surface area contributed by atoms with Crippen LogP contribution in [0.4, 0.5) is 0 Å². The van der Waals surface area contributed by atoms with Gasteiger partial charge in [-0.1, -0.05) is 6.92 Å². The number of hydrogen-bond donors (Lipinski definition) is 1. The Kier molecular flexibility index (Phi) is 2.52. The van der Waals surface area contributed by atoms with Crippen molar-refractivity contribution in [3.63, 3.8) is 0 Å². The minimum atomic E-state index is 0.727. The molecule has 0 saturated heterocycles. The maximum absolute atomic E-state index is 3.49. The summed E-state index contributed by atoms with van der Waals surface area (Å²) < 4.78 is 0. The zero-order valence-corrected chi connectivity index (χ0v) is 6.48. The molecule has 0 aromatic rings. The van der Waals surface area contributed by atoms with E-state index in [1.807, 2.05) is 0 Å². The molecule has 1 atom stereocenters. The Morgan fingerprint density at radius 3 is 2.67 bits per heavy atom. The van der Waals surface area contributed by atoms with Crippen LogP contribution in [-0.2, 0) is 0 Å². The molecule has 0 aromatic heterocycles. The Morgan fingerprint density at radius 1 is 1.56 bits per heavy atom. The second-order valence-electron chi connectivity index (χ2n) is 3.16. The van der Waals surface area contributed by atoms with Crippen molar-refractivity contribution in [1.82, 2.24) is 5.32 Å². The first-order valence-electron chi connectivity index (χ1n) is 4.06. The van der Waals surface area contributed by atoms with E-state index < -0.39 is 0 Å². The third-order valence-corrected chi connectivity index (χ3v) is 2.06. The van der Waals surface area contributed by atoms with E-state index in [1.54, 1.807) is 0 Å². The highest BCUT2D eigenvalue weighted by atomic mass is 14.9. The van der Waals surface area contributed by atoms with Crippen LogP contribution in [-0.4, -0.2) is 12.6 Å². The van der Waals surface area contributed by atoms with Crippen molar-refractivity contribution >= 4 is 0 Å².